The molecule has 2 heterocycles. The van der Waals surface area contributed by atoms with Crippen molar-refractivity contribution >= 4 is 30.7 Å². The number of nitrogens with two attached hydrogens (primary N) is 1. The standard InChI is InChI=1S/C12H18N4O.2ClH/c13-10-3-1-2-9(10)12(17)16-7-6-15-5-4-14-11(15)8-16;;/h4-5,9-10H,1-3,6-8,13H2;2*1H. The summed E-state index contributed by atoms with van der Waals surface area (Å²) in [6.07, 6.45) is 6.78. The molecule has 108 valence electrons. The third kappa shape index (κ3) is 3.04. The predicted octanol–water partition coefficient (Wildman–Crippen LogP) is 1.20. The molecule has 19 heavy (non-hydrogen) atoms. The number of nitrogens with zero attached hydrogens (tertiary/aromatic N) is 3. The lowest BCUT2D eigenvalue weighted by atomic mass is 10.0. The highest BCUT2D eigenvalue weighted by Crippen LogP contribution is 2.27. The van der Waals surface area contributed by atoms with Crippen LogP contribution in [0.15, 0.2) is 12.4 Å². The van der Waals surface area contributed by atoms with E-state index < -0.39 is 0 Å². The lowest BCUT2D eigenvalue weighted by molar-refractivity contribution is -0.137. The number of hydrogen-bond acceptors (Lipinski definition) is 3. The second-order valence-electron chi connectivity index (χ2n) is 5.00. The summed E-state index contributed by atoms with van der Waals surface area (Å²) in [7, 11) is 0. The maximum absolute atomic E-state index is 12.4. The number of halogens is 2. The summed E-state index contributed by atoms with van der Waals surface area (Å²) >= 11 is 0. The molecule has 0 bridgehead atoms. The molecule has 0 spiro atoms. The smallest absolute Gasteiger partial charge is 0.227 e. The fraction of sp³-hybridized carbons (Fsp3) is 0.667. The molecule has 1 aromatic heterocycles. The number of fused-ring (bicyclic) bond motifs is 1. The molecule has 0 radical (unpaired) electrons. The fourth-order valence-corrected chi connectivity index (χ4v) is 2.89. The van der Waals surface area contributed by atoms with Crippen molar-refractivity contribution in [2.75, 3.05) is 6.54 Å². The molecule has 0 aromatic carbocycles. The lowest BCUT2D eigenvalue weighted by Gasteiger charge is -2.30. The zero-order valence-electron chi connectivity index (χ0n) is 10.7. The van der Waals surface area contributed by atoms with Crippen LogP contribution in [0.5, 0.6) is 0 Å². The average Bonchev–Trinajstić information content (AvgIpc) is 2.95. The fourth-order valence-electron chi connectivity index (χ4n) is 2.89. The van der Waals surface area contributed by atoms with Crippen LogP contribution >= 0.6 is 24.8 Å². The monoisotopic (exact) mass is 306 g/mol. The van der Waals surface area contributed by atoms with E-state index in [9.17, 15) is 4.79 Å². The van der Waals surface area contributed by atoms with Crippen molar-refractivity contribution in [2.45, 2.75) is 38.4 Å². The van der Waals surface area contributed by atoms with Crippen molar-refractivity contribution in [1.29, 1.82) is 0 Å². The zero-order chi connectivity index (χ0) is 11.8. The topological polar surface area (TPSA) is 64.2 Å². The zero-order valence-corrected chi connectivity index (χ0v) is 12.3. The van der Waals surface area contributed by atoms with Crippen LogP contribution in [0.25, 0.3) is 0 Å². The Morgan fingerprint density at radius 3 is 2.79 bits per heavy atom. The molecule has 2 aliphatic rings. The molecular weight excluding hydrogens is 287 g/mol. The van der Waals surface area contributed by atoms with Gasteiger partial charge in [-0.25, -0.2) is 4.98 Å². The van der Waals surface area contributed by atoms with E-state index in [2.05, 4.69) is 9.55 Å². The molecule has 3 rings (SSSR count). The number of carbonyl (C=O) groups is 1. The van der Waals surface area contributed by atoms with Crippen LogP contribution in [-0.2, 0) is 17.9 Å². The van der Waals surface area contributed by atoms with Gasteiger partial charge >= 0.3 is 0 Å². The van der Waals surface area contributed by atoms with Crippen molar-refractivity contribution in [1.82, 2.24) is 14.5 Å². The Hall–Kier alpha value is -0.780. The Bertz CT molecular complexity index is 437. The highest BCUT2D eigenvalue weighted by atomic mass is 35.5. The summed E-state index contributed by atoms with van der Waals surface area (Å²) < 4.78 is 2.11. The van der Waals surface area contributed by atoms with Gasteiger partial charge in [0, 0.05) is 31.5 Å². The first-order valence-electron chi connectivity index (χ1n) is 6.30. The average molecular weight is 307 g/mol. The van der Waals surface area contributed by atoms with E-state index in [1.165, 1.54) is 0 Å². The van der Waals surface area contributed by atoms with Crippen LogP contribution in [0.2, 0.25) is 0 Å². The van der Waals surface area contributed by atoms with Crippen LogP contribution in [-0.4, -0.2) is 32.9 Å². The van der Waals surface area contributed by atoms with E-state index in [1.54, 1.807) is 6.20 Å². The molecule has 1 aliphatic heterocycles. The Balaban J connectivity index is 0.000000902. The van der Waals surface area contributed by atoms with Crippen LogP contribution in [0, 0.1) is 5.92 Å². The minimum atomic E-state index is 0. The molecule has 1 aliphatic carbocycles. The van der Waals surface area contributed by atoms with Gasteiger partial charge < -0.3 is 15.2 Å². The minimum absolute atomic E-state index is 0. The first kappa shape index (κ1) is 16.3. The largest absolute Gasteiger partial charge is 0.333 e. The quantitative estimate of drug-likeness (QED) is 0.848. The summed E-state index contributed by atoms with van der Waals surface area (Å²) in [5, 5.41) is 0. The van der Waals surface area contributed by atoms with E-state index in [4.69, 9.17) is 5.73 Å². The Labute approximate surface area is 125 Å². The number of carbonyl (C=O) groups excluding carboxylic acids is 1. The molecular formula is C12H20Cl2N4O. The first-order valence-corrected chi connectivity index (χ1v) is 6.30. The summed E-state index contributed by atoms with van der Waals surface area (Å²) in [6.45, 7) is 2.27. The molecule has 1 amide bonds. The van der Waals surface area contributed by atoms with Crippen LogP contribution in [0.4, 0.5) is 0 Å². The molecule has 0 saturated heterocycles. The minimum Gasteiger partial charge on any atom is -0.333 e. The van der Waals surface area contributed by atoms with Gasteiger partial charge in [0.25, 0.3) is 0 Å². The van der Waals surface area contributed by atoms with Gasteiger partial charge in [0.1, 0.15) is 5.82 Å². The molecule has 2 atom stereocenters. The van der Waals surface area contributed by atoms with E-state index in [1.807, 2.05) is 11.1 Å². The third-order valence-electron chi connectivity index (χ3n) is 3.94. The van der Waals surface area contributed by atoms with Gasteiger partial charge in [-0.05, 0) is 12.8 Å². The Morgan fingerprint density at radius 1 is 1.32 bits per heavy atom. The highest BCUT2D eigenvalue weighted by Gasteiger charge is 2.34. The van der Waals surface area contributed by atoms with Crippen LogP contribution in [0.3, 0.4) is 0 Å². The van der Waals surface area contributed by atoms with Crippen LogP contribution < -0.4 is 5.73 Å². The maximum atomic E-state index is 12.4. The predicted molar refractivity (Wildman–Crippen MR) is 77.5 cm³/mol. The van der Waals surface area contributed by atoms with E-state index in [0.29, 0.717) is 6.54 Å². The summed E-state index contributed by atoms with van der Waals surface area (Å²) in [6, 6.07) is 0.0594. The molecule has 1 aromatic rings. The molecule has 1 saturated carbocycles. The maximum Gasteiger partial charge on any atom is 0.227 e. The summed E-state index contributed by atoms with van der Waals surface area (Å²) in [5.41, 5.74) is 5.99. The highest BCUT2D eigenvalue weighted by molar-refractivity contribution is 5.85. The number of amides is 1. The van der Waals surface area contributed by atoms with Crippen molar-refractivity contribution in [2.24, 2.45) is 11.7 Å². The molecule has 2 unspecified atom stereocenters. The molecule has 7 heteroatoms. The van der Waals surface area contributed by atoms with E-state index in [-0.39, 0.29) is 42.7 Å². The number of hydrogen-bond donors (Lipinski definition) is 1. The number of imidazole rings is 1. The molecule has 2 N–H and O–H groups in total. The van der Waals surface area contributed by atoms with Crippen molar-refractivity contribution in [3.8, 4) is 0 Å². The van der Waals surface area contributed by atoms with Gasteiger partial charge in [0.15, 0.2) is 0 Å². The van der Waals surface area contributed by atoms with Gasteiger partial charge in [-0.15, -0.1) is 24.8 Å². The molecule has 1 fully saturated rings. The Kier molecular flexibility index (Phi) is 5.64. The van der Waals surface area contributed by atoms with Gasteiger partial charge in [0.2, 0.25) is 5.91 Å². The lowest BCUT2D eigenvalue weighted by Crippen LogP contribution is -2.45. The van der Waals surface area contributed by atoms with Crippen molar-refractivity contribution in [3.05, 3.63) is 18.2 Å². The van der Waals surface area contributed by atoms with Crippen LogP contribution in [0.1, 0.15) is 25.1 Å². The number of aromatic nitrogens is 2. The SMILES string of the molecule is Cl.Cl.NC1CCCC1C(=O)N1CCn2ccnc2C1. The van der Waals surface area contributed by atoms with Gasteiger partial charge in [-0.1, -0.05) is 6.42 Å². The normalized spacial score (nSPS) is 25.2. The second-order valence-corrected chi connectivity index (χ2v) is 5.00. The summed E-state index contributed by atoms with van der Waals surface area (Å²) in [5.74, 6) is 1.25. The van der Waals surface area contributed by atoms with Crippen molar-refractivity contribution in [3.63, 3.8) is 0 Å². The summed E-state index contributed by atoms with van der Waals surface area (Å²) in [4.78, 5) is 18.5. The van der Waals surface area contributed by atoms with Crippen molar-refractivity contribution < 1.29 is 4.79 Å². The number of rotatable bonds is 1. The van der Waals surface area contributed by atoms with Gasteiger partial charge in [-0.2, -0.15) is 0 Å². The van der Waals surface area contributed by atoms with E-state index in [0.717, 1.165) is 38.2 Å². The second kappa shape index (κ2) is 6.59. The van der Waals surface area contributed by atoms with Gasteiger partial charge in [0.05, 0.1) is 12.5 Å². The van der Waals surface area contributed by atoms with E-state index >= 15 is 0 Å². The Morgan fingerprint density at radius 2 is 2.11 bits per heavy atom. The third-order valence-corrected chi connectivity index (χ3v) is 3.94. The molecule has 5 nitrogen and oxygen atoms in total. The van der Waals surface area contributed by atoms with Gasteiger partial charge in [-0.3, -0.25) is 4.79 Å². The first-order chi connectivity index (χ1) is 8.25.